The largest absolute Gasteiger partial charge is 0.492 e. The topological polar surface area (TPSA) is 30.5 Å². The third-order valence-electron chi connectivity index (χ3n) is 3.36. The smallest absolute Gasteiger partial charge is 0.119 e. The van der Waals surface area contributed by atoms with Gasteiger partial charge in [-0.25, -0.2) is 0 Å². The highest BCUT2D eigenvalue weighted by Gasteiger charge is 2.25. The second-order valence-corrected chi connectivity index (χ2v) is 4.81. The maximum Gasteiger partial charge on any atom is 0.119 e. The third kappa shape index (κ3) is 4.00. The lowest BCUT2D eigenvalue weighted by Gasteiger charge is -2.23. The Labute approximate surface area is 109 Å². The first-order chi connectivity index (χ1) is 8.90. The number of rotatable bonds is 7. The van der Waals surface area contributed by atoms with Gasteiger partial charge in [0.1, 0.15) is 12.4 Å². The number of benzene rings is 1. The van der Waals surface area contributed by atoms with E-state index in [4.69, 9.17) is 9.47 Å². The Morgan fingerprint density at radius 3 is 2.89 bits per heavy atom. The molecule has 2 atom stereocenters. The van der Waals surface area contributed by atoms with Gasteiger partial charge in [-0.15, -0.1) is 0 Å². The molecule has 0 aliphatic carbocycles. The zero-order valence-electron chi connectivity index (χ0n) is 11.1. The van der Waals surface area contributed by atoms with Gasteiger partial charge < -0.3 is 14.8 Å². The maximum absolute atomic E-state index is 5.86. The molecule has 0 spiro atoms. The second kappa shape index (κ2) is 7.39. The molecule has 0 amide bonds. The minimum Gasteiger partial charge on any atom is -0.492 e. The summed E-state index contributed by atoms with van der Waals surface area (Å²) < 4.78 is 11.3. The third-order valence-corrected chi connectivity index (χ3v) is 3.36. The van der Waals surface area contributed by atoms with Gasteiger partial charge in [-0.05, 0) is 31.5 Å². The van der Waals surface area contributed by atoms with E-state index in [0.29, 0.717) is 12.0 Å². The van der Waals surface area contributed by atoms with E-state index in [0.717, 1.165) is 45.0 Å². The Hall–Kier alpha value is -1.06. The predicted molar refractivity (Wildman–Crippen MR) is 72.9 cm³/mol. The second-order valence-electron chi connectivity index (χ2n) is 4.81. The normalized spacial score (nSPS) is 20.8. The van der Waals surface area contributed by atoms with Crippen LogP contribution in [-0.2, 0) is 4.74 Å². The summed E-state index contributed by atoms with van der Waals surface area (Å²) in [5.74, 6) is 1.53. The van der Waals surface area contributed by atoms with Crippen LogP contribution < -0.4 is 10.1 Å². The molecule has 1 heterocycles. The summed E-state index contributed by atoms with van der Waals surface area (Å²) in [5.41, 5.74) is 0. The Morgan fingerprint density at radius 2 is 2.22 bits per heavy atom. The van der Waals surface area contributed by atoms with Crippen LogP contribution in [-0.4, -0.2) is 32.4 Å². The van der Waals surface area contributed by atoms with Crippen LogP contribution in [0.5, 0.6) is 5.75 Å². The number of hydrogen-bond acceptors (Lipinski definition) is 3. The molecule has 1 aliphatic heterocycles. The molecule has 0 radical (unpaired) electrons. The summed E-state index contributed by atoms with van der Waals surface area (Å²) in [6.45, 7) is 5.70. The SMILES string of the molecule is CCCNC(COc1ccccc1)C1CCOC1. The molecule has 18 heavy (non-hydrogen) atoms. The van der Waals surface area contributed by atoms with Crippen LogP contribution in [0.3, 0.4) is 0 Å². The van der Waals surface area contributed by atoms with E-state index < -0.39 is 0 Å². The van der Waals surface area contributed by atoms with Crippen LogP contribution in [0.15, 0.2) is 30.3 Å². The first-order valence-electron chi connectivity index (χ1n) is 6.89. The highest BCUT2D eigenvalue weighted by molar-refractivity contribution is 5.20. The summed E-state index contributed by atoms with van der Waals surface area (Å²) in [6.07, 6.45) is 2.29. The van der Waals surface area contributed by atoms with Gasteiger partial charge >= 0.3 is 0 Å². The zero-order chi connectivity index (χ0) is 12.6. The molecule has 0 saturated carbocycles. The molecule has 1 N–H and O–H groups in total. The maximum atomic E-state index is 5.86. The predicted octanol–water partition coefficient (Wildman–Crippen LogP) is 2.47. The van der Waals surface area contributed by atoms with E-state index in [1.54, 1.807) is 0 Å². The molecule has 2 unspecified atom stereocenters. The lowest BCUT2D eigenvalue weighted by Crippen LogP contribution is -2.41. The van der Waals surface area contributed by atoms with Crippen molar-refractivity contribution in [1.29, 1.82) is 0 Å². The van der Waals surface area contributed by atoms with Crippen LogP contribution >= 0.6 is 0 Å². The molecule has 3 heteroatoms. The highest BCUT2D eigenvalue weighted by atomic mass is 16.5. The van der Waals surface area contributed by atoms with Gasteiger partial charge in [-0.3, -0.25) is 0 Å². The summed E-state index contributed by atoms with van der Waals surface area (Å²) >= 11 is 0. The summed E-state index contributed by atoms with van der Waals surface area (Å²) in [7, 11) is 0. The fraction of sp³-hybridized carbons (Fsp3) is 0.600. The zero-order valence-corrected chi connectivity index (χ0v) is 11.1. The van der Waals surface area contributed by atoms with Crippen molar-refractivity contribution >= 4 is 0 Å². The molecule has 2 rings (SSSR count). The van der Waals surface area contributed by atoms with Gasteiger partial charge in [-0.1, -0.05) is 25.1 Å². The van der Waals surface area contributed by atoms with Gasteiger partial charge in [0.05, 0.1) is 6.61 Å². The van der Waals surface area contributed by atoms with Crippen LogP contribution in [0.1, 0.15) is 19.8 Å². The highest BCUT2D eigenvalue weighted by Crippen LogP contribution is 2.18. The molecule has 3 nitrogen and oxygen atoms in total. The van der Waals surface area contributed by atoms with Crippen molar-refractivity contribution in [3.63, 3.8) is 0 Å². The molecule has 0 aromatic heterocycles. The number of ether oxygens (including phenoxy) is 2. The summed E-state index contributed by atoms with van der Waals surface area (Å²) in [6, 6.07) is 10.4. The molecule has 1 aromatic carbocycles. The molecular weight excluding hydrogens is 226 g/mol. The fourth-order valence-electron chi connectivity index (χ4n) is 2.26. The van der Waals surface area contributed by atoms with Crippen LogP contribution in [0.4, 0.5) is 0 Å². The number of hydrogen-bond donors (Lipinski definition) is 1. The van der Waals surface area contributed by atoms with Crippen molar-refractivity contribution in [2.45, 2.75) is 25.8 Å². The Balaban J connectivity index is 1.84. The average molecular weight is 249 g/mol. The van der Waals surface area contributed by atoms with Gasteiger partial charge in [-0.2, -0.15) is 0 Å². The molecule has 0 bridgehead atoms. The van der Waals surface area contributed by atoms with Crippen LogP contribution in [0, 0.1) is 5.92 Å². The Bertz CT molecular complexity index is 323. The van der Waals surface area contributed by atoms with E-state index in [9.17, 15) is 0 Å². The fourth-order valence-corrected chi connectivity index (χ4v) is 2.26. The number of para-hydroxylation sites is 1. The van der Waals surface area contributed by atoms with Crippen molar-refractivity contribution in [3.05, 3.63) is 30.3 Å². The van der Waals surface area contributed by atoms with Crippen LogP contribution in [0.2, 0.25) is 0 Å². The van der Waals surface area contributed by atoms with Crippen molar-refractivity contribution in [2.24, 2.45) is 5.92 Å². The summed E-state index contributed by atoms with van der Waals surface area (Å²) in [4.78, 5) is 0. The quantitative estimate of drug-likeness (QED) is 0.805. The van der Waals surface area contributed by atoms with Gasteiger partial charge in [0.25, 0.3) is 0 Å². The first-order valence-corrected chi connectivity index (χ1v) is 6.89. The minimum atomic E-state index is 0.396. The van der Waals surface area contributed by atoms with Gasteiger partial charge in [0, 0.05) is 18.6 Å². The van der Waals surface area contributed by atoms with E-state index in [-0.39, 0.29) is 0 Å². The van der Waals surface area contributed by atoms with E-state index in [1.165, 1.54) is 0 Å². The molecule has 1 aliphatic rings. The lowest BCUT2D eigenvalue weighted by atomic mass is 9.99. The van der Waals surface area contributed by atoms with Gasteiger partial charge in [0.15, 0.2) is 0 Å². The first kappa shape index (κ1) is 13.4. The Kier molecular flexibility index (Phi) is 5.49. The average Bonchev–Trinajstić information content (AvgIpc) is 2.94. The van der Waals surface area contributed by atoms with E-state index in [2.05, 4.69) is 12.2 Å². The van der Waals surface area contributed by atoms with Crippen LogP contribution in [0.25, 0.3) is 0 Å². The molecule has 1 saturated heterocycles. The van der Waals surface area contributed by atoms with Crippen molar-refractivity contribution in [2.75, 3.05) is 26.4 Å². The monoisotopic (exact) mass is 249 g/mol. The van der Waals surface area contributed by atoms with E-state index >= 15 is 0 Å². The van der Waals surface area contributed by atoms with Gasteiger partial charge in [0.2, 0.25) is 0 Å². The molecule has 1 aromatic rings. The summed E-state index contributed by atoms with van der Waals surface area (Å²) in [5, 5.41) is 3.58. The van der Waals surface area contributed by atoms with E-state index in [1.807, 2.05) is 30.3 Å². The standard InChI is InChI=1S/C15H23NO2/c1-2-9-16-15(13-8-10-17-11-13)12-18-14-6-4-3-5-7-14/h3-7,13,15-16H,2,8-12H2,1H3. The molecular formula is C15H23NO2. The van der Waals surface area contributed by atoms with Crippen molar-refractivity contribution in [3.8, 4) is 5.75 Å². The lowest BCUT2D eigenvalue weighted by molar-refractivity contribution is 0.160. The molecule has 100 valence electrons. The van der Waals surface area contributed by atoms with Crippen molar-refractivity contribution < 1.29 is 9.47 Å². The minimum absolute atomic E-state index is 0.396. The van der Waals surface area contributed by atoms with Crippen molar-refractivity contribution in [1.82, 2.24) is 5.32 Å². The Morgan fingerprint density at radius 1 is 1.39 bits per heavy atom. The number of nitrogens with one attached hydrogen (secondary N) is 1. The molecule has 1 fully saturated rings.